The number of hydrogen-bond donors (Lipinski definition) is 1. The number of carbonyl (C=O) groups is 1. The van der Waals surface area contributed by atoms with Crippen LogP contribution in [0.4, 0.5) is 11.4 Å². The average Bonchev–Trinajstić information content (AvgIpc) is 2.50. The number of anilines is 2. The summed E-state index contributed by atoms with van der Waals surface area (Å²) in [6.07, 6.45) is 2.19. The van der Waals surface area contributed by atoms with E-state index in [9.17, 15) is 4.79 Å². The van der Waals surface area contributed by atoms with E-state index in [4.69, 9.17) is 0 Å². The number of nitrogens with one attached hydrogen (secondary N) is 1. The van der Waals surface area contributed by atoms with Crippen LogP contribution in [-0.4, -0.2) is 19.0 Å². The molecular formula is C17H17BrN2O. The monoisotopic (exact) mass is 344 g/mol. The summed E-state index contributed by atoms with van der Waals surface area (Å²) in [5.74, 6) is 0.0126. The summed E-state index contributed by atoms with van der Waals surface area (Å²) < 4.78 is 0.900. The van der Waals surface area contributed by atoms with Gasteiger partial charge in [0.15, 0.2) is 0 Å². The first-order valence-electron chi connectivity index (χ1n) is 7.11. The lowest BCUT2D eigenvalue weighted by molar-refractivity contribution is -0.115. The second-order valence-corrected chi connectivity index (χ2v) is 6.04. The molecule has 21 heavy (non-hydrogen) atoms. The van der Waals surface area contributed by atoms with Gasteiger partial charge in [-0.3, -0.25) is 4.79 Å². The fourth-order valence-electron chi connectivity index (χ4n) is 2.70. The second kappa shape index (κ2) is 6.31. The molecule has 0 fully saturated rings. The Labute approximate surface area is 133 Å². The number of fused-ring (bicyclic) bond motifs is 1. The summed E-state index contributed by atoms with van der Waals surface area (Å²) in [6, 6.07) is 16.0. The van der Waals surface area contributed by atoms with E-state index >= 15 is 0 Å². The molecule has 0 unspecified atom stereocenters. The van der Waals surface area contributed by atoms with E-state index < -0.39 is 0 Å². The zero-order chi connectivity index (χ0) is 14.7. The molecule has 1 N–H and O–H groups in total. The molecular weight excluding hydrogens is 328 g/mol. The minimum Gasteiger partial charge on any atom is -0.362 e. The van der Waals surface area contributed by atoms with Gasteiger partial charge in [-0.05, 0) is 52.5 Å². The van der Waals surface area contributed by atoms with Gasteiger partial charge in [-0.25, -0.2) is 0 Å². The number of hydrogen-bond acceptors (Lipinski definition) is 2. The molecule has 4 heteroatoms. The minimum atomic E-state index is 0.0126. The Morgan fingerprint density at radius 1 is 1.14 bits per heavy atom. The van der Waals surface area contributed by atoms with Gasteiger partial charge in [0.1, 0.15) is 0 Å². The van der Waals surface area contributed by atoms with Gasteiger partial charge in [-0.2, -0.15) is 0 Å². The highest BCUT2D eigenvalue weighted by Gasteiger charge is 2.18. The van der Waals surface area contributed by atoms with E-state index in [1.54, 1.807) is 0 Å². The number of rotatable bonds is 3. The third-order valence-electron chi connectivity index (χ3n) is 3.69. The zero-order valence-corrected chi connectivity index (χ0v) is 13.3. The molecule has 3 rings (SSSR count). The quantitative estimate of drug-likeness (QED) is 0.917. The van der Waals surface area contributed by atoms with Crippen molar-refractivity contribution >= 4 is 33.2 Å². The van der Waals surface area contributed by atoms with Crippen LogP contribution in [0.15, 0.2) is 53.0 Å². The van der Waals surface area contributed by atoms with Crippen molar-refractivity contribution in [3.63, 3.8) is 0 Å². The predicted molar refractivity (Wildman–Crippen MR) is 89.7 cm³/mol. The first kappa shape index (κ1) is 14.1. The van der Waals surface area contributed by atoms with Crippen molar-refractivity contribution in [3.8, 4) is 0 Å². The highest BCUT2D eigenvalue weighted by Crippen LogP contribution is 2.26. The minimum absolute atomic E-state index is 0.0126. The Kier molecular flexibility index (Phi) is 4.25. The maximum Gasteiger partial charge on any atom is 0.243 e. The Morgan fingerprint density at radius 3 is 2.76 bits per heavy atom. The van der Waals surface area contributed by atoms with Gasteiger partial charge in [0.25, 0.3) is 0 Å². The molecule has 3 nitrogen and oxygen atoms in total. The number of carbonyl (C=O) groups excluding carboxylic acids is 1. The molecule has 2 aromatic carbocycles. The summed E-state index contributed by atoms with van der Waals surface area (Å²) in [6.45, 7) is 1.32. The van der Waals surface area contributed by atoms with E-state index in [0.29, 0.717) is 6.54 Å². The normalized spacial score (nSPS) is 13.7. The first-order valence-corrected chi connectivity index (χ1v) is 7.90. The molecule has 0 bridgehead atoms. The van der Waals surface area contributed by atoms with E-state index in [1.807, 2.05) is 30.3 Å². The van der Waals surface area contributed by atoms with E-state index in [1.165, 1.54) is 11.3 Å². The number of benzene rings is 2. The van der Waals surface area contributed by atoms with Crippen molar-refractivity contribution in [3.05, 3.63) is 58.6 Å². The van der Waals surface area contributed by atoms with Gasteiger partial charge in [-0.15, -0.1) is 0 Å². The van der Waals surface area contributed by atoms with Crippen molar-refractivity contribution in [2.45, 2.75) is 12.8 Å². The Balaban J connectivity index is 1.70. The second-order valence-electron chi connectivity index (χ2n) is 5.18. The zero-order valence-electron chi connectivity index (χ0n) is 11.7. The summed E-state index contributed by atoms with van der Waals surface area (Å²) >= 11 is 3.45. The molecule has 0 saturated heterocycles. The van der Waals surface area contributed by atoms with Crippen molar-refractivity contribution in [2.75, 3.05) is 23.3 Å². The molecule has 1 aliphatic rings. The van der Waals surface area contributed by atoms with Crippen LogP contribution in [0, 0.1) is 0 Å². The molecule has 1 aliphatic heterocycles. The third-order valence-corrected chi connectivity index (χ3v) is 4.38. The maximum atomic E-state index is 12.3. The molecule has 0 aromatic heterocycles. The van der Waals surface area contributed by atoms with Gasteiger partial charge in [0, 0.05) is 16.7 Å². The van der Waals surface area contributed by atoms with Crippen LogP contribution in [0.1, 0.15) is 12.0 Å². The third kappa shape index (κ3) is 3.27. The van der Waals surface area contributed by atoms with Crippen molar-refractivity contribution in [2.24, 2.45) is 0 Å². The average molecular weight is 345 g/mol. The number of amides is 1. The molecule has 0 saturated carbocycles. The van der Waals surface area contributed by atoms with Crippen molar-refractivity contribution in [1.29, 1.82) is 0 Å². The van der Waals surface area contributed by atoms with E-state index in [-0.39, 0.29) is 5.91 Å². The summed E-state index contributed by atoms with van der Waals surface area (Å²) in [4.78, 5) is 14.4. The van der Waals surface area contributed by atoms with Crippen LogP contribution < -0.4 is 10.2 Å². The van der Waals surface area contributed by atoms with E-state index in [0.717, 1.165) is 29.5 Å². The first-order chi connectivity index (χ1) is 10.2. The van der Waals surface area contributed by atoms with Crippen LogP contribution in [-0.2, 0) is 11.2 Å². The molecule has 2 aromatic rings. The van der Waals surface area contributed by atoms with Gasteiger partial charge in [-0.1, -0.05) is 30.3 Å². The lowest BCUT2D eigenvalue weighted by atomic mass is 10.0. The number of aryl methyl sites for hydroxylation is 1. The fourth-order valence-corrected chi connectivity index (χ4v) is 3.09. The van der Waals surface area contributed by atoms with Gasteiger partial charge >= 0.3 is 0 Å². The molecule has 0 spiro atoms. The van der Waals surface area contributed by atoms with Crippen LogP contribution in [0.5, 0.6) is 0 Å². The Bertz CT molecular complexity index is 657. The lowest BCUT2D eigenvalue weighted by Gasteiger charge is -2.30. The molecule has 0 atom stereocenters. The molecule has 0 aliphatic carbocycles. The molecule has 1 heterocycles. The lowest BCUT2D eigenvalue weighted by Crippen LogP contribution is -2.36. The van der Waals surface area contributed by atoms with Crippen LogP contribution in [0.2, 0.25) is 0 Å². The SMILES string of the molecule is O=C(CN1CCCc2ccccc21)Nc1ccccc1Br. The van der Waals surface area contributed by atoms with Gasteiger partial charge in [0.05, 0.1) is 12.2 Å². The molecule has 108 valence electrons. The Morgan fingerprint density at radius 2 is 1.90 bits per heavy atom. The molecule has 0 radical (unpaired) electrons. The van der Waals surface area contributed by atoms with Crippen LogP contribution in [0.3, 0.4) is 0 Å². The number of halogens is 1. The van der Waals surface area contributed by atoms with Crippen molar-refractivity contribution in [1.82, 2.24) is 0 Å². The largest absolute Gasteiger partial charge is 0.362 e. The standard InChI is InChI=1S/C17H17BrN2O/c18-14-8-2-3-9-15(14)19-17(21)12-20-11-5-7-13-6-1-4-10-16(13)20/h1-4,6,8-10H,5,7,11-12H2,(H,19,21). The topological polar surface area (TPSA) is 32.3 Å². The predicted octanol–water partition coefficient (Wildman–Crippen LogP) is 3.84. The van der Waals surface area contributed by atoms with Gasteiger partial charge < -0.3 is 10.2 Å². The van der Waals surface area contributed by atoms with Crippen LogP contribution in [0.25, 0.3) is 0 Å². The van der Waals surface area contributed by atoms with Crippen molar-refractivity contribution < 1.29 is 4.79 Å². The smallest absolute Gasteiger partial charge is 0.243 e. The Hall–Kier alpha value is -1.81. The highest BCUT2D eigenvalue weighted by atomic mass is 79.9. The number of nitrogens with zero attached hydrogens (tertiary/aromatic N) is 1. The van der Waals surface area contributed by atoms with E-state index in [2.05, 4.69) is 44.3 Å². The summed E-state index contributed by atoms with van der Waals surface area (Å²) in [7, 11) is 0. The number of para-hydroxylation sites is 2. The fraction of sp³-hybridized carbons (Fsp3) is 0.235. The summed E-state index contributed by atoms with van der Waals surface area (Å²) in [5.41, 5.74) is 3.33. The summed E-state index contributed by atoms with van der Waals surface area (Å²) in [5, 5.41) is 2.96. The highest BCUT2D eigenvalue weighted by molar-refractivity contribution is 9.10. The maximum absolute atomic E-state index is 12.3. The van der Waals surface area contributed by atoms with Gasteiger partial charge in [0.2, 0.25) is 5.91 Å². The van der Waals surface area contributed by atoms with Crippen LogP contribution >= 0.6 is 15.9 Å². The molecule has 1 amide bonds.